The summed E-state index contributed by atoms with van der Waals surface area (Å²) < 4.78 is 5.25. The largest absolute Gasteiger partial charge is 0.480 e. The maximum atomic E-state index is 11.4. The van der Waals surface area contributed by atoms with Crippen molar-refractivity contribution in [3.63, 3.8) is 0 Å². The van der Waals surface area contributed by atoms with Crippen LogP contribution in [0.1, 0.15) is 34.1 Å². The highest BCUT2D eigenvalue weighted by Gasteiger charge is 2.20. The summed E-state index contributed by atoms with van der Waals surface area (Å²) in [7, 11) is 0. The second-order valence-corrected chi connectivity index (χ2v) is 4.84. The quantitative estimate of drug-likeness (QED) is 0.572. The van der Waals surface area contributed by atoms with E-state index < -0.39 is 18.0 Å². The van der Waals surface area contributed by atoms with Crippen LogP contribution in [0.4, 0.5) is 4.79 Å². The minimum Gasteiger partial charge on any atom is -0.480 e. The first-order valence-electron chi connectivity index (χ1n) is 6.21. The number of aliphatic carboxylic acids is 1. The molecule has 6 nitrogen and oxygen atoms in total. The topological polar surface area (TPSA) is 87.7 Å². The summed E-state index contributed by atoms with van der Waals surface area (Å²) in [5.41, 5.74) is 0. The molecule has 0 aromatic carbocycles. The Labute approximate surface area is 108 Å². The highest BCUT2D eigenvalue weighted by Crippen LogP contribution is 2.04. The fourth-order valence-corrected chi connectivity index (χ4v) is 1.36. The molecular weight excluding hydrogens is 236 g/mol. The van der Waals surface area contributed by atoms with Crippen LogP contribution in [-0.2, 0) is 9.53 Å². The van der Waals surface area contributed by atoms with Gasteiger partial charge in [0.25, 0.3) is 0 Å². The summed E-state index contributed by atoms with van der Waals surface area (Å²) in [6.07, 6.45) is 0.521. The zero-order chi connectivity index (χ0) is 14.1. The average Bonchev–Trinajstić information content (AvgIpc) is 2.22. The zero-order valence-electron chi connectivity index (χ0n) is 11.5. The van der Waals surface area contributed by atoms with Crippen molar-refractivity contribution in [3.05, 3.63) is 0 Å². The molecule has 6 heteroatoms. The number of urea groups is 1. The molecule has 3 N–H and O–H groups in total. The van der Waals surface area contributed by atoms with Gasteiger partial charge in [0.15, 0.2) is 0 Å². The van der Waals surface area contributed by atoms with Gasteiger partial charge in [-0.1, -0.05) is 13.8 Å². The van der Waals surface area contributed by atoms with Crippen molar-refractivity contribution in [2.24, 2.45) is 5.92 Å². The van der Waals surface area contributed by atoms with Gasteiger partial charge in [-0.15, -0.1) is 0 Å². The number of hydrogen-bond acceptors (Lipinski definition) is 3. The molecule has 0 saturated carbocycles. The van der Waals surface area contributed by atoms with Crippen LogP contribution in [0.3, 0.4) is 0 Å². The molecule has 106 valence electrons. The second kappa shape index (κ2) is 8.74. The van der Waals surface area contributed by atoms with Crippen LogP contribution in [0.25, 0.3) is 0 Å². The summed E-state index contributed by atoms with van der Waals surface area (Å²) in [5, 5.41) is 13.9. The van der Waals surface area contributed by atoms with E-state index in [1.165, 1.54) is 0 Å². The normalized spacial score (nSPS) is 12.6. The van der Waals surface area contributed by atoms with Gasteiger partial charge < -0.3 is 20.5 Å². The fourth-order valence-electron chi connectivity index (χ4n) is 1.36. The molecule has 0 aromatic heterocycles. The summed E-state index contributed by atoms with van der Waals surface area (Å²) in [5.74, 6) is -0.812. The third-order valence-corrected chi connectivity index (χ3v) is 2.15. The van der Waals surface area contributed by atoms with E-state index in [1.54, 1.807) is 0 Å². The van der Waals surface area contributed by atoms with E-state index in [0.29, 0.717) is 19.6 Å². The van der Waals surface area contributed by atoms with Gasteiger partial charge in [0.2, 0.25) is 0 Å². The van der Waals surface area contributed by atoms with E-state index in [2.05, 4.69) is 10.6 Å². The lowest BCUT2D eigenvalue weighted by Crippen LogP contribution is -2.47. The minimum absolute atomic E-state index is 0.113. The molecule has 0 saturated heterocycles. The Morgan fingerprint density at radius 1 is 1.22 bits per heavy atom. The third-order valence-electron chi connectivity index (χ3n) is 2.15. The van der Waals surface area contributed by atoms with Crippen LogP contribution in [0.15, 0.2) is 0 Å². The van der Waals surface area contributed by atoms with Gasteiger partial charge in [0.1, 0.15) is 6.04 Å². The Bertz CT molecular complexity index is 267. The van der Waals surface area contributed by atoms with Gasteiger partial charge in [0.05, 0.1) is 12.7 Å². The van der Waals surface area contributed by atoms with Crippen molar-refractivity contribution in [3.8, 4) is 0 Å². The summed E-state index contributed by atoms with van der Waals surface area (Å²) in [6, 6.07) is -1.33. The molecule has 0 aliphatic heterocycles. The molecule has 0 heterocycles. The zero-order valence-corrected chi connectivity index (χ0v) is 11.5. The molecule has 0 fully saturated rings. The molecule has 0 spiro atoms. The molecule has 0 aliphatic carbocycles. The number of carboxylic acids is 1. The van der Waals surface area contributed by atoms with Crippen LogP contribution in [0.5, 0.6) is 0 Å². The van der Waals surface area contributed by atoms with Crippen molar-refractivity contribution in [1.29, 1.82) is 0 Å². The third kappa shape index (κ3) is 8.81. The predicted octanol–water partition coefficient (Wildman–Crippen LogP) is 1.21. The molecule has 18 heavy (non-hydrogen) atoms. The first kappa shape index (κ1) is 16.7. The lowest BCUT2D eigenvalue weighted by atomic mass is 10.0. The SMILES string of the molecule is CC(C)C[C@H](NC(=O)NCCOC(C)C)C(=O)O. The smallest absolute Gasteiger partial charge is 0.326 e. The Morgan fingerprint density at radius 3 is 2.28 bits per heavy atom. The van der Waals surface area contributed by atoms with E-state index >= 15 is 0 Å². The molecule has 0 bridgehead atoms. The van der Waals surface area contributed by atoms with Gasteiger partial charge in [-0.3, -0.25) is 0 Å². The van der Waals surface area contributed by atoms with Crippen LogP contribution in [0, 0.1) is 5.92 Å². The average molecular weight is 260 g/mol. The first-order chi connectivity index (χ1) is 8.32. The Balaban J connectivity index is 3.92. The first-order valence-corrected chi connectivity index (χ1v) is 6.21. The van der Waals surface area contributed by atoms with Crippen LogP contribution in [0.2, 0.25) is 0 Å². The minimum atomic E-state index is -1.02. The number of rotatable bonds is 8. The number of carboxylic acid groups (broad SMARTS) is 1. The second-order valence-electron chi connectivity index (χ2n) is 4.84. The number of amides is 2. The van der Waals surface area contributed by atoms with Crippen molar-refractivity contribution in [2.45, 2.75) is 46.3 Å². The van der Waals surface area contributed by atoms with Gasteiger partial charge in [-0.2, -0.15) is 0 Å². The van der Waals surface area contributed by atoms with E-state index in [4.69, 9.17) is 9.84 Å². The lowest BCUT2D eigenvalue weighted by molar-refractivity contribution is -0.139. The predicted molar refractivity (Wildman–Crippen MR) is 68.5 cm³/mol. The van der Waals surface area contributed by atoms with Crippen LogP contribution in [-0.4, -0.2) is 42.4 Å². The molecular formula is C12H24N2O4. The Hall–Kier alpha value is -1.30. The van der Waals surface area contributed by atoms with E-state index in [1.807, 2.05) is 27.7 Å². The summed E-state index contributed by atoms with van der Waals surface area (Å²) in [4.78, 5) is 22.4. The number of carbonyl (C=O) groups excluding carboxylic acids is 1. The molecule has 0 radical (unpaired) electrons. The van der Waals surface area contributed by atoms with Gasteiger partial charge in [-0.05, 0) is 26.2 Å². The number of ether oxygens (including phenoxy) is 1. The maximum absolute atomic E-state index is 11.4. The molecule has 0 aliphatic rings. The monoisotopic (exact) mass is 260 g/mol. The Kier molecular flexibility index (Phi) is 8.11. The molecule has 0 unspecified atom stereocenters. The summed E-state index contributed by atoms with van der Waals surface area (Å²) in [6.45, 7) is 8.40. The van der Waals surface area contributed by atoms with E-state index in [-0.39, 0.29) is 12.0 Å². The van der Waals surface area contributed by atoms with E-state index in [9.17, 15) is 9.59 Å². The lowest BCUT2D eigenvalue weighted by Gasteiger charge is -2.17. The number of carbonyl (C=O) groups is 2. The van der Waals surface area contributed by atoms with Crippen molar-refractivity contribution in [2.75, 3.05) is 13.2 Å². The van der Waals surface area contributed by atoms with Gasteiger partial charge >= 0.3 is 12.0 Å². The van der Waals surface area contributed by atoms with Gasteiger partial charge in [0, 0.05) is 6.54 Å². The van der Waals surface area contributed by atoms with E-state index in [0.717, 1.165) is 0 Å². The number of hydrogen-bond donors (Lipinski definition) is 3. The van der Waals surface area contributed by atoms with Gasteiger partial charge in [-0.25, -0.2) is 9.59 Å². The molecule has 0 aromatic rings. The molecule has 2 amide bonds. The van der Waals surface area contributed by atoms with Crippen LogP contribution >= 0.6 is 0 Å². The summed E-state index contributed by atoms with van der Waals surface area (Å²) >= 11 is 0. The van der Waals surface area contributed by atoms with Crippen molar-refractivity contribution in [1.82, 2.24) is 10.6 Å². The highest BCUT2D eigenvalue weighted by atomic mass is 16.5. The highest BCUT2D eigenvalue weighted by molar-refractivity contribution is 5.82. The van der Waals surface area contributed by atoms with Crippen LogP contribution < -0.4 is 10.6 Å². The fraction of sp³-hybridized carbons (Fsp3) is 0.833. The van der Waals surface area contributed by atoms with Crippen molar-refractivity contribution < 1.29 is 19.4 Å². The number of nitrogens with one attached hydrogen (secondary N) is 2. The maximum Gasteiger partial charge on any atom is 0.326 e. The Morgan fingerprint density at radius 2 is 1.83 bits per heavy atom. The standard InChI is InChI=1S/C12H24N2O4/c1-8(2)7-10(11(15)16)14-12(17)13-5-6-18-9(3)4/h8-10H,5-7H2,1-4H3,(H,15,16)(H2,13,14,17)/t10-/m0/s1. The van der Waals surface area contributed by atoms with Crippen molar-refractivity contribution >= 4 is 12.0 Å². The molecule has 1 atom stereocenters. The molecule has 0 rings (SSSR count).